The van der Waals surface area contributed by atoms with Gasteiger partial charge in [0.25, 0.3) is 0 Å². The first-order chi connectivity index (χ1) is 44.4. The first kappa shape index (κ1) is 78.4. The van der Waals surface area contributed by atoms with Crippen molar-refractivity contribution in [1.82, 2.24) is 0 Å². The summed E-state index contributed by atoms with van der Waals surface area (Å²) in [7, 11) is -5.08. The van der Waals surface area contributed by atoms with E-state index in [1.807, 2.05) is 25.1 Å². The van der Waals surface area contributed by atoms with E-state index in [9.17, 15) is 0 Å². The summed E-state index contributed by atoms with van der Waals surface area (Å²) in [4.78, 5) is 1.56. The molecule has 13 rings (SSSR count). The van der Waals surface area contributed by atoms with Gasteiger partial charge in [-0.3, -0.25) is 0 Å². The molecule has 0 aromatic heterocycles. The summed E-state index contributed by atoms with van der Waals surface area (Å²) in [5.74, 6) is 3.74. The average molecular weight is 1760 g/mol. The molecule has 0 N–H and O–H groups in total. The van der Waals surface area contributed by atoms with E-state index in [2.05, 4.69) is 364 Å². The fourth-order valence-electron chi connectivity index (χ4n) is 11.0. The second-order valence-electron chi connectivity index (χ2n) is 21.7. The first-order valence-electron chi connectivity index (χ1n) is 30.7. The fourth-order valence-corrected chi connectivity index (χ4v) is 34.6. The number of aryl methyl sites for hydroxylation is 1. The molecule has 0 amide bonds. The van der Waals surface area contributed by atoms with Gasteiger partial charge in [0.1, 0.15) is 111 Å². The Hall–Kier alpha value is -4.60. The van der Waals surface area contributed by atoms with Gasteiger partial charge in [-0.25, -0.2) is 0 Å². The van der Waals surface area contributed by atoms with E-state index < -0.39 is 47.5 Å². The predicted octanol–water partition coefficient (Wildman–Crippen LogP) is 15.6. The monoisotopic (exact) mass is 1750 g/mol. The van der Waals surface area contributed by atoms with Gasteiger partial charge in [-0.1, -0.05) is 242 Å². The van der Waals surface area contributed by atoms with E-state index in [1.165, 1.54) is 86.9 Å². The molecule has 0 fully saturated rings. The molecule has 0 saturated carbocycles. The Labute approximate surface area is 631 Å². The molecule has 0 bridgehead atoms. The maximum absolute atomic E-state index is 4.94. The molecule has 0 spiro atoms. The Morgan fingerprint density at radius 3 is 0.436 bits per heavy atom. The van der Waals surface area contributed by atoms with Gasteiger partial charge in [0.2, 0.25) is 0 Å². The molecule has 0 aliphatic heterocycles. The zero-order valence-corrected chi connectivity index (χ0v) is 65.9. The number of thiol groups is 1. The molecule has 0 saturated heterocycles. The van der Waals surface area contributed by atoms with E-state index in [-0.39, 0.29) is 79.3 Å². The molecule has 0 heterocycles. The van der Waals surface area contributed by atoms with Crippen LogP contribution in [0.25, 0.3) is 0 Å². The van der Waals surface area contributed by atoms with Crippen LogP contribution in [0.5, 0.6) is 0 Å². The van der Waals surface area contributed by atoms with Gasteiger partial charge in [-0.15, -0.1) is 0 Å². The minimum Gasteiger partial charge on any atom is -0.813 e. The SMILES string of the molecule is Cc1ccc([S-])c([S-])c1.[Ag].[Ag].[Pt].[SH-].c1ccc([PH+](C[PH+](c2ccccc2)c2ccccc2)c2ccccc2)cc1.c1ccc([PH+](C[PH+](c2ccccc2)c2ccccc2)c2ccccc2)cc1.c1ccc([PH+](C[PH+](c2ccccc2)c2ccccc2)c2ccccc2)cc1. The van der Waals surface area contributed by atoms with E-state index in [1.54, 1.807) is 0 Å². The molecule has 0 aliphatic carbocycles. The van der Waals surface area contributed by atoms with Crippen molar-refractivity contribution < 1.29 is 65.8 Å². The summed E-state index contributed by atoms with van der Waals surface area (Å²) in [6.07, 6.45) is 0. The van der Waals surface area contributed by atoms with Crippen molar-refractivity contribution in [3.05, 3.63) is 388 Å². The van der Waals surface area contributed by atoms with Crippen LogP contribution in [0, 0.1) is 6.92 Å². The van der Waals surface area contributed by atoms with Crippen molar-refractivity contribution in [2.24, 2.45) is 0 Å². The van der Waals surface area contributed by atoms with Crippen LogP contribution in [0.3, 0.4) is 0 Å². The molecular formula is C82H79Ag2P6PtS3+3. The number of rotatable bonds is 18. The van der Waals surface area contributed by atoms with Crippen molar-refractivity contribution in [3.63, 3.8) is 0 Å². The molecule has 13 aromatic carbocycles. The van der Waals surface area contributed by atoms with Crippen LogP contribution in [-0.4, -0.2) is 17.7 Å². The van der Waals surface area contributed by atoms with Crippen molar-refractivity contribution >= 4 is 150 Å². The number of benzene rings is 13. The van der Waals surface area contributed by atoms with Crippen LogP contribution in [0.2, 0.25) is 0 Å². The predicted molar refractivity (Wildman–Crippen MR) is 429 cm³/mol. The third kappa shape index (κ3) is 24.1. The van der Waals surface area contributed by atoms with E-state index in [0.29, 0.717) is 0 Å². The summed E-state index contributed by atoms with van der Waals surface area (Å²) in [6, 6.07) is 139. The fraction of sp³-hybridized carbons (Fsp3) is 0.0488. The first-order valence-corrected chi connectivity index (χ1v) is 41.8. The maximum atomic E-state index is 4.94. The van der Waals surface area contributed by atoms with Gasteiger partial charge in [0.15, 0.2) is 17.7 Å². The molecule has 484 valence electrons. The van der Waals surface area contributed by atoms with Crippen LogP contribution < -0.4 is 63.7 Å². The van der Waals surface area contributed by atoms with Crippen molar-refractivity contribution in [2.45, 2.75) is 16.7 Å². The summed E-state index contributed by atoms with van der Waals surface area (Å²) in [6.45, 7) is 2.00. The van der Waals surface area contributed by atoms with Gasteiger partial charge in [-0.05, 0) is 153 Å². The van der Waals surface area contributed by atoms with Gasteiger partial charge in [0, 0.05) is 65.8 Å². The topological polar surface area (TPSA) is 0 Å². The quantitative estimate of drug-likeness (QED) is 0.0364. The molecule has 2 radical (unpaired) electrons. The second kappa shape index (κ2) is 43.6. The molecule has 0 atom stereocenters. The largest absolute Gasteiger partial charge is 0.813 e. The molecule has 13 aromatic rings. The third-order valence-corrected chi connectivity index (χ3v) is 37.3. The standard InChI is InChI=1S/3C25H22P2.C7H8S2.2Ag.Pt.H2S/c3*1-5-13-22(14-6-1)26(23-15-7-2-8-16-23)21-27(24-17-9-3-10-18-24)25-19-11-4-12-20-25;1-5-2-3-6(8)7(9)4-5;;;;/h3*1-20H,21H2;2-4,8-9H,1H3;;;;1H2/p+3. The van der Waals surface area contributed by atoms with Crippen molar-refractivity contribution in [3.8, 4) is 0 Å². The van der Waals surface area contributed by atoms with Crippen LogP contribution in [-0.2, 0) is 105 Å². The summed E-state index contributed by atoms with van der Waals surface area (Å²) in [5, 5.41) is 18.0. The summed E-state index contributed by atoms with van der Waals surface area (Å²) >= 11 is 9.85. The smallest absolute Gasteiger partial charge is 0.174 e. The van der Waals surface area contributed by atoms with E-state index in [0.717, 1.165) is 9.79 Å². The van der Waals surface area contributed by atoms with Crippen LogP contribution in [0.1, 0.15) is 5.56 Å². The average Bonchev–Trinajstić information content (AvgIpc) is 0.861. The second-order valence-corrected chi connectivity index (χ2v) is 39.5. The zero-order chi connectivity index (χ0) is 61.8. The Balaban J connectivity index is 0.000000205. The Kier molecular flexibility index (Phi) is 36.4. The molecule has 12 heteroatoms. The summed E-state index contributed by atoms with van der Waals surface area (Å²) in [5.41, 5.74) is 1.17. The van der Waals surface area contributed by atoms with Crippen LogP contribution in [0.4, 0.5) is 0 Å². The molecule has 0 aliphatic rings. The minimum atomic E-state index is -0.847. The van der Waals surface area contributed by atoms with E-state index >= 15 is 0 Å². The van der Waals surface area contributed by atoms with Gasteiger partial charge in [-0.2, -0.15) is 9.79 Å². The van der Waals surface area contributed by atoms with Crippen molar-refractivity contribution in [1.29, 1.82) is 0 Å². The van der Waals surface area contributed by atoms with Gasteiger partial charge in [0.05, 0.1) is 0 Å². The van der Waals surface area contributed by atoms with Crippen molar-refractivity contribution in [2.75, 3.05) is 17.7 Å². The third-order valence-electron chi connectivity index (χ3n) is 15.6. The number of hydrogen-bond acceptors (Lipinski definition) is 3. The Morgan fingerprint density at radius 1 is 0.202 bits per heavy atom. The Morgan fingerprint density at radius 2 is 0.330 bits per heavy atom. The molecule has 94 heavy (non-hydrogen) atoms. The van der Waals surface area contributed by atoms with Gasteiger partial charge >= 0.3 is 0 Å². The maximum Gasteiger partial charge on any atom is 0.174 e. The van der Waals surface area contributed by atoms with E-state index in [4.69, 9.17) is 25.3 Å². The summed E-state index contributed by atoms with van der Waals surface area (Å²) < 4.78 is 0. The molecule has 0 unspecified atom stereocenters. The molecule has 0 nitrogen and oxygen atoms in total. The normalized spacial score (nSPS) is 10.4. The number of hydrogen-bond donors (Lipinski definition) is 0. The van der Waals surface area contributed by atoms with Gasteiger partial charge < -0.3 is 38.8 Å². The Bertz CT molecular complexity index is 3220. The minimum absolute atomic E-state index is 0. The van der Waals surface area contributed by atoms with Crippen LogP contribution in [0.15, 0.2) is 392 Å². The molecular weight excluding hydrogens is 1680 g/mol. The van der Waals surface area contributed by atoms with Crippen LogP contribution >= 0.6 is 47.5 Å². The zero-order valence-electron chi connectivity index (χ0n) is 52.2.